The average molecular weight is 459 g/mol. The first kappa shape index (κ1) is 21.4. The minimum Gasteiger partial charge on any atom is -0.404 e. The van der Waals surface area contributed by atoms with E-state index in [0.717, 1.165) is 24.3 Å². The maximum atomic E-state index is 13.1. The number of piperazine rings is 1. The Balaban J connectivity index is 1.39. The molecule has 0 radical (unpaired) electrons. The summed E-state index contributed by atoms with van der Waals surface area (Å²) >= 11 is 0. The summed E-state index contributed by atoms with van der Waals surface area (Å²) in [5.74, 6) is 0.0341. The Hall–Kier alpha value is -2.84. The Bertz CT molecular complexity index is 1120. The lowest BCUT2D eigenvalue weighted by Gasteiger charge is -2.33. The Morgan fingerprint density at radius 1 is 1.06 bits per heavy atom. The molecular weight excluding hydrogens is 443 g/mol. The van der Waals surface area contributed by atoms with Crippen molar-refractivity contribution >= 4 is 15.9 Å². The van der Waals surface area contributed by atoms with E-state index >= 15 is 0 Å². The van der Waals surface area contributed by atoms with Crippen LogP contribution < -0.4 is 0 Å². The summed E-state index contributed by atoms with van der Waals surface area (Å²) < 4.78 is 71.3. The van der Waals surface area contributed by atoms with Crippen molar-refractivity contribution in [3.05, 3.63) is 57.8 Å². The molecule has 0 bridgehead atoms. The van der Waals surface area contributed by atoms with Crippen LogP contribution in [0.1, 0.15) is 11.3 Å². The average Bonchev–Trinajstić information content (AvgIpc) is 3.42. The highest BCUT2D eigenvalue weighted by Gasteiger charge is 2.65. The predicted octanol–water partition coefficient (Wildman–Crippen LogP) is 2.88. The van der Waals surface area contributed by atoms with Crippen LogP contribution in [0.25, 0.3) is 0 Å². The van der Waals surface area contributed by atoms with Crippen molar-refractivity contribution in [3.8, 4) is 0 Å². The molecule has 1 aromatic carbocycles. The number of alkyl halides is 3. The van der Waals surface area contributed by atoms with E-state index in [1.807, 2.05) is 4.90 Å². The Kier molecular flexibility index (Phi) is 5.10. The van der Waals surface area contributed by atoms with Crippen molar-refractivity contribution in [2.24, 2.45) is 10.2 Å². The SMILES string of the molecule is O=[N+]([O-])c1ccc(CN2CCN(S(=O)(=O)c3ccc(C4(C(F)(F)F)N=N4)cc3)CC2)o1. The fourth-order valence-corrected chi connectivity index (χ4v) is 4.77. The first-order chi connectivity index (χ1) is 14.5. The molecule has 4 rings (SSSR count). The van der Waals surface area contributed by atoms with Crippen LogP contribution in [0.4, 0.5) is 19.1 Å². The summed E-state index contributed by atoms with van der Waals surface area (Å²) in [6.07, 6.45) is -4.68. The van der Waals surface area contributed by atoms with E-state index < -0.39 is 26.8 Å². The van der Waals surface area contributed by atoms with Crippen LogP contribution in [0.5, 0.6) is 0 Å². The van der Waals surface area contributed by atoms with Gasteiger partial charge in [-0.05, 0) is 18.2 Å². The third-order valence-corrected chi connectivity index (χ3v) is 7.04. The van der Waals surface area contributed by atoms with Crippen molar-refractivity contribution in [1.82, 2.24) is 9.21 Å². The predicted molar refractivity (Wildman–Crippen MR) is 98.4 cm³/mol. The zero-order valence-corrected chi connectivity index (χ0v) is 16.6. The number of nitrogens with zero attached hydrogens (tertiary/aromatic N) is 5. The Morgan fingerprint density at radius 2 is 1.68 bits per heavy atom. The molecule has 2 aliphatic heterocycles. The van der Waals surface area contributed by atoms with Gasteiger partial charge in [0.05, 0.1) is 17.5 Å². The molecule has 2 aromatic rings. The van der Waals surface area contributed by atoms with Crippen LogP contribution in [0.2, 0.25) is 0 Å². The van der Waals surface area contributed by atoms with Crippen LogP contribution in [0.3, 0.4) is 0 Å². The molecule has 0 spiro atoms. The third-order valence-electron chi connectivity index (χ3n) is 5.13. The molecule has 0 N–H and O–H groups in total. The molecule has 31 heavy (non-hydrogen) atoms. The molecule has 1 aromatic heterocycles. The summed E-state index contributed by atoms with van der Waals surface area (Å²) in [7, 11) is -3.89. The summed E-state index contributed by atoms with van der Waals surface area (Å²) in [4.78, 5) is 11.8. The highest BCUT2D eigenvalue weighted by Crippen LogP contribution is 2.52. The van der Waals surface area contributed by atoms with Crippen LogP contribution in [-0.4, -0.2) is 54.9 Å². The first-order valence-corrected chi connectivity index (χ1v) is 10.5. The first-order valence-electron chi connectivity index (χ1n) is 9.10. The normalized spacial score (nSPS) is 19.5. The van der Waals surface area contributed by atoms with Crippen molar-refractivity contribution in [2.75, 3.05) is 26.2 Å². The molecule has 0 saturated carbocycles. The van der Waals surface area contributed by atoms with Gasteiger partial charge in [0.15, 0.2) is 0 Å². The minimum absolute atomic E-state index is 0.121. The van der Waals surface area contributed by atoms with E-state index in [9.17, 15) is 31.7 Å². The smallest absolute Gasteiger partial charge is 0.404 e. The maximum absolute atomic E-state index is 13.1. The maximum Gasteiger partial charge on any atom is 0.442 e. The largest absolute Gasteiger partial charge is 0.442 e. The topological polar surface area (TPSA) is 122 Å². The number of nitro groups is 1. The van der Waals surface area contributed by atoms with E-state index in [0.29, 0.717) is 25.4 Å². The lowest BCUT2D eigenvalue weighted by atomic mass is 10.0. The van der Waals surface area contributed by atoms with Crippen LogP contribution in [0, 0.1) is 10.1 Å². The summed E-state index contributed by atoms with van der Waals surface area (Å²) in [6.45, 7) is 1.33. The summed E-state index contributed by atoms with van der Waals surface area (Å²) in [5.41, 5.74) is -2.83. The zero-order chi connectivity index (χ0) is 22.4. The third kappa shape index (κ3) is 3.93. The van der Waals surface area contributed by atoms with Crippen molar-refractivity contribution < 1.29 is 30.9 Å². The van der Waals surface area contributed by atoms with Gasteiger partial charge in [-0.3, -0.25) is 15.0 Å². The van der Waals surface area contributed by atoms with Crippen molar-refractivity contribution in [3.63, 3.8) is 0 Å². The van der Waals surface area contributed by atoms with Crippen LogP contribution >= 0.6 is 0 Å². The van der Waals surface area contributed by atoms with Gasteiger partial charge in [-0.15, -0.1) is 10.2 Å². The second-order valence-electron chi connectivity index (χ2n) is 7.07. The Labute approximate surface area is 174 Å². The van der Waals surface area contributed by atoms with Gasteiger partial charge >= 0.3 is 17.7 Å². The van der Waals surface area contributed by atoms with Gasteiger partial charge in [0.1, 0.15) is 10.7 Å². The highest BCUT2D eigenvalue weighted by molar-refractivity contribution is 7.89. The van der Waals surface area contributed by atoms with E-state index in [2.05, 4.69) is 10.2 Å². The van der Waals surface area contributed by atoms with E-state index in [1.165, 1.54) is 16.4 Å². The van der Waals surface area contributed by atoms with Gasteiger partial charge in [0, 0.05) is 31.7 Å². The van der Waals surface area contributed by atoms with E-state index in [4.69, 9.17) is 4.42 Å². The minimum atomic E-state index is -4.68. The second kappa shape index (κ2) is 7.39. The number of benzene rings is 1. The number of furan rings is 1. The Morgan fingerprint density at radius 3 is 2.16 bits per heavy atom. The molecule has 2 aliphatic rings. The molecule has 14 heteroatoms. The van der Waals surface area contributed by atoms with E-state index in [1.54, 1.807) is 0 Å². The molecule has 1 saturated heterocycles. The highest BCUT2D eigenvalue weighted by atomic mass is 32.2. The van der Waals surface area contributed by atoms with Gasteiger partial charge in [0.2, 0.25) is 10.0 Å². The van der Waals surface area contributed by atoms with E-state index in [-0.39, 0.29) is 29.4 Å². The van der Waals surface area contributed by atoms with Crippen LogP contribution in [-0.2, 0) is 22.2 Å². The molecular formula is C17H16F3N5O5S. The van der Waals surface area contributed by atoms with Crippen molar-refractivity contribution in [1.29, 1.82) is 0 Å². The number of halogens is 3. The molecule has 0 aliphatic carbocycles. The van der Waals surface area contributed by atoms with Crippen molar-refractivity contribution in [2.45, 2.75) is 23.3 Å². The van der Waals surface area contributed by atoms with Gasteiger partial charge in [-0.1, -0.05) is 12.1 Å². The van der Waals surface area contributed by atoms with Gasteiger partial charge < -0.3 is 4.42 Å². The summed E-state index contributed by atoms with van der Waals surface area (Å²) in [6, 6.07) is 7.13. The summed E-state index contributed by atoms with van der Waals surface area (Å²) in [5, 5.41) is 16.9. The fourth-order valence-electron chi connectivity index (χ4n) is 3.35. The van der Waals surface area contributed by atoms with Gasteiger partial charge in [0.25, 0.3) is 0 Å². The molecule has 3 heterocycles. The molecule has 0 unspecified atom stereocenters. The lowest BCUT2D eigenvalue weighted by Crippen LogP contribution is -2.48. The number of hydrogen-bond acceptors (Lipinski definition) is 8. The molecule has 166 valence electrons. The number of rotatable bonds is 6. The monoisotopic (exact) mass is 459 g/mol. The molecule has 0 amide bonds. The van der Waals surface area contributed by atoms with Gasteiger partial charge in [-0.25, -0.2) is 8.42 Å². The zero-order valence-electron chi connectivity index (χ0n) is 15.8. The standard InChI is InChI=1S/C17H16F3N5O5S/c18-17(19,20)16(21-22-16)12-1-4-14(5-2-12)31(28,29)24-9-7-23(8-10-24)11-13-3-6-15(30-13)25(26)27/h1-6H,7-11H2. The van der Waals surface area contributed by atoms with Crippen LogP contribution in [0.15, 0.2) is 55.9 Å². The molecule has 10 nitrogen and oxygen atoms in total. The lowest BCUT2D eigenvalue weighted by molar-refractivity contribution is -0.402. The molecule has 1 fully saturated rings. The number of sulfonamides is 1. The fraction of sp³-hybridized carbons (Fsp3) is 0.412. The quantitative estimate of drug-likeness (QED) is 0.484. The van der Waals surface area contributed by atoms with Gasteiger partial charge in [-0.2, -0.15) is 17.5 Å². The number of hydrogen-bond donors (Lipinski definition) is 0. The molecule has 0 atom stereocenters. The second-order valence-corrected chi connectivity index (χ2v) is 9.01.